The van der Waals surface area contributed by atoms with Crippen molar-refractivity contribution in [3.63, 3.8) is 0 Å². The van der Waals surface area contributed by atoms with E-state index in [1.54, 1.807) is 12.2 Å². The van der Waals surface area contributed by atoms with Crippen LogP contribution in [-0.2, 0) is 4.79 Å². The van der Waals surface area contributed by atoms with Gasteiger partial charge in [-0.05, 0) is 42.3 Å². The molecule has 1 aromatic heterocycles. The van der Waals surface area contributed by atoms with Crippen molar-refractivity contribution in [3.8, 4) is 11.3 Å². The molecule has 0 saturated heterocycles. The zero-order chi connectivity index (χ0) is 25.9. The van der Waals surface area contributed by atoms with Gasteiger partial charge in [-0.1, -0.05) is 6.07 Å². The van der Waals surface area contributed by atoms with E-state index in [0.717, 1.165) is 12.1 Å². The molecule has 0 saturated carbocycles. The van der Waals surface area contributed by atoms with Gasteiger partial charge in [0.2, 0.25) is 0 Å². The van der Waals surface area contributed by atoms with Crippen LogP contribution in [-0.4, -0.2) is 39.6 Å². The molecule has 3 aromatic rings. The fourth-order valence-corrected chi connectivity index (χ4v) is 3.08. The number of benzene rings is 2. The normalized spacial score (nSPS) is 12.2. The van der Waals surface area contributed by atoms with Crippen molar-refractivity contribution in [2.45, 2.75) is 19.2 Å². The second-order valence-electron chi connectivity index (χ2n) is 7.41. The molecule has 0 bridgehead atoms. The summed E-state index contributed by atoms with van der Waals surface area (Å²) in [5.74, 6) is -4.37. The molecule has 0 aliphatic rings. The number of carbonyl (C=O) groups is 2. The number of aromatic nitrogens is 2. The Balaban J connectivity index is 1.79. The van der Waals surface area contributed by atoms with E-state index >= 15 is 0 Å². The molecule has 2 amide bonds. The van der Waals surface area contributed by atoms with Gasteiger partial charge in [-0.15, -0.1) is 0 Å². The van der Waals surface area contributed by atoms with Crippen LogP contribution in [0.4, 0.5) is 33.5 Å². The number of hydrogen-bond acceptors (Lipinski definition) is 6. The van der Waals surface area contributed by atoms with Gasteiger partial charge in [0.1, 0.15) is 18.2 Å². The lowest BCUT2D eigenvalue weighted by atomic mass is 10.0. The van der Waals surface area contributed by atoms with E-state index in [-0.39, 0.29) is 22.8 Å². The molecule has 3 rings (SSSR count). The number of hydrogen-bond donors (Lipinski definition) is 4. The van der Waals surface area contributed by atoms with Crippen LogP contribution in [0.25, 0.3) is 11.3 Å². The Morgan fingerprint density at radius 3 is 2.37 bits per heavy atom. The zero-order valence-electron chi connectivity index (χ0n) is 18.0. The van der Waals surface area contributed by atoms with Gasteiger partial charge in [0.05, 0.1) is 11.9 Å². The molecule has 184 valence electrons. The summed E-state index contributed by atoms with van der Waals surface area (Å²) in [6.45, 7) is 0.0452. The SMILES string of the molecule is Cc1cc(NC(=O)[C@H](O)c2cc(F)cc(F)c2)ccc1-c1cnc(N)c(C(=O)NCC(F)(F)F)n1. The Morgan fingerprint density at radius 2 is 1.77 bits per heavy atom. The molecule has 5 N–H and O–H groups in total. The van der Waals surface area contributed by atoms with Crippen molar-refractivity contribution >= 4 is 23.3 Å². The molecule has 0 aliphatic carbocycles. The van der Waals surface area contributed by atoms with Crippen LogP contribution < -0.4 is 16.4 Å². The molecule has 1 heterocycles. The Kier molecular flexibility index (Phi) is 7.29. The number of halogens is 5. The molecule has 8 nitrogen and oxygen atoms in total. The topological polar surface area (TPSA) is 130 Å². The van der Waals surface area contributed by atoms with Crippen molar-refractivity contribution < 1.29 is 36.6 Å². The number of nitrogen functional groups attached to an aromatic ring is 1. The van der Waals surface area contributed by atoms with Crippen LogP contribution in [0.1, 0.15) is 27.7 Å². The van der Waals surface area contributed by atoms with Gasteiger partial charge < -0.3 is 21.5 Å². The molecule has 0 fully saturated rings. The second-order valence-corrected chi connectivity index (χ2v) is 7.41. The van der Waals surface area contributed by atoms with E-state index in [0.29, 0.717) is 17.2 Å². The number of rotatable bonds is 6. The number of aryl methyl sites for hydroxylation is 1. The van der Waals surface area contributed by atoms with Crippen molar-refractivity contribution in [1.82, 2.24) is 15.3 Å². The standard InChI is InChI=1S/C22H18F5N5O3/c1-10-4-14(31-21(35)18(33)11-5-12(23)7-13(24)6-11)2-3-15(10)16-8-29-19(28)17(32-16)20(34)30-9-22(25,26)27/h2-8,18,33H,9H2,1H3,(H2,28,29)(H,30,34)(H,31,35)/t18-/m1/s1. The Morgan fingerprint density at radius 1 is 1.11 bits per heavy atom. The highest BCUT2D eigenvalue weighted by Gasteiger charge is 2.29. The second kappa shape index (κ2) is 10.0. The highest BCUT2D eigenvalue weighted by atomic mass is 19.4. The predicted molar refractivity (Wildman–Crippen MR) is 115 cm³/mol. The Labute approximate surface area is 195 Å². The molecular formula is C22H18F5N5O3. The highest BCUT2D eigenvalue weighted by Crippen LogP contribution is 2.26. The summed E-state index contributed by atoms with van der Waals surface area (Å²) in [5.41, 5.74) is 6.10. The molecule has 35 heavy (non-hydrogen) atoms. The van der Waals surface area contributed by atoms with Crippen LogP contribution in [0.3, 0.4) is 0 Å². The highest BCUT2D eigenvalue weighted by molar-refractivity contribution is 5.97. The maximum Gasteiger partial charge on any atom is 0.405 e. The smallest absolute Gasteiger partial charge is 0.382 e. The summed E-state index contributed by atoms with van der Waals surface area (Å²) in [4.78, 5) is 32.2. The molecule has 1 atom stereocenters. The summed E-state index contributed by atoms with van der Waals surface area (Å²) in [6.07, 6.45) is -5.25. The minimum atomic E-state index is -4.62. The van der Waals surface area contributed by atoms with Crippen LogP contribution in [0, 0.1) is 18.6 Å². The Bertz CT molecular complexity index is 1260. The van der Waals surface area contributed by atoms with Gasteiger partial charge in [0.25, 0.3) is 11.8 Å². The first kappa shape index (κ1) is 25.5. The minimum absolute atomic E-state index is 0.127. The lowest BCUT2D eigenvalue weighted by Crippen LogP contribution is -2.34. The molecular weight excluding hydrogens is 477 g/mol. The largest absolute Gasteiger partial charge is 0.405 e. The van der Waals surface area contributed by atoms with Gasteiger partial charge in [0.15, 0.2) is 17.6 Å². The third kappa shape index (κ3) is 6.47. The van der Waals surface area contributed by atoms with Gasteiger partial charge in [-0.3, -0.25) is 9.59 Å². The molecule has 0 radical (unpaired) electrons. The molecule has 0 unspecified atom stereocenters. The lowest BCUT2D eigenvalue weighted by Gasteiger charge is -2.14. The Hall–Kier alpha value is -4.13. The monoisotopic (exact) mass is 495 g/mol. The van der Waals surface area contributed by atoms with Crippen molar-refractivity contribution in [1.29, 1.82) is 0 Å². The fraction of sp³-hybridized carbons (Fsp3) is 0.182. The van der Waals surface area contributed by atoms with Gasteiger partial charge in [-0.2, -0.15) is 13.2 Å². The first-order valence-corrected chi connectivity index (χ1v) is 9.87. The van der Waals surface area contributed by atoms with Crippen LogP contribution in [0.2, 0.25) is 0 Å². The maximum absolute atomic E-state index is 13.4. The molecule has 0 aliphatic heterocycles. The third-order valence-corrected chi connectivity index (χ3v) is 4.68. The summed E-state index contributed by atoms with van der Waals surface area (Å²) in [5, 5.41) is 14.2. The van der Waals surface area contributed by atoms with E-state index in [9.17, 15) is 36.6 Å². The number of nitrogens with two attached hydrogens (primary N) is 1. The minimum Gasteiger partial charge on any atom is -0.382 e. The number of carbonyl (C=O) groups excluding carboxylic acids is 2. The summed E-state index contributed by atoms with van der Waals surface area (Å²) >= 11 is 0. The van der Waals surface area contributed by atoms with Crippen molar-refractivity contribution in [2.75, 3.05) is 17.6 Å². The van der Waals surface area contributed by atoms with E-state index < -0.39 is 48.0 Å². The van der Waals surface area contributed by atoms with E-state index in [1.807, 2.05) is 0 Å². The summed E-state index contributed by atoms with van der Waals surface area (Å²) in [6, 6.07) is 6.63. The number of anilines is 2. The van der Waals surface area contributed by atoms with Crippen molar-refractivity contribution in [3.05, 3.63) is 71.1 Å². The third-order valence-electron chi connectivity index (χ3n) is 4.68. The summed E-state index contributed by atoms with van der Waals surface area (Å²) in [7, 11) is 0. The molecule has 2 aromatic carbocycles. The molecule has 0 spiro atoms. The summed E-state index contributed by atoms with van der Waals surface area (Å²) < 4.78 is 63.9. The zero-order valence-corrected chi connectivity index (χ0v) is 18.0. The number of amides is 2. The van der Waals surface area contributed by atoms with E-state index in [4.69, 9.17) is 5.73 Å². The first-order valence-electron chi connectivity index (χ1n) is 9.87. The van der Waals surface area contributed by atoms with Crippen LogP contribution in [0.15, 0.2) is 42.6 Å². The lowest BCUT2D eigenvalue weighted by molar-refractivity contribution is -0.124. The van der Waals surface area contributed by atoms with Gasteiger partial charge in [0, 0.05) is 17.3 Å². The number of aliphatic hydroxyl groups excluding tert-OH is 1. The fourth-order valence-electron chi connectivity index (χ4n) is 3.08. The number of aliphatic hydroxyl groups is 1. The number of nitrogens with one attached hydrogen (secondary N) is 2. The van der Waals surface area contributed by atoms with E-state index in [2.05, 4.69) is 15.3 Å². The van der Waals surface area contributed by atoms with E-state index in [1.165, 1.54) is 24.4 Å². The van der Waals surface area contributed by atoms with Gasteiger partial charge >= 0.3 is 6.18 Å². The molecule has 13 heteroatoms. The quantitative estimate of drug-likeness (QED) is 0.389. The first-order chi connectivity index (χ1) is 16.3. The van der Waals surface area contributed by atoms with Crippen LogP contribution in [0.5, 0.6) is 0 Å². The number of nitrogens with zero attached hydrogens (tertiary/aromatic N) is 2. The van der Waals surface area contributed by atoms with Gasteiger partial charge in [-0.25, -0.2) is 18.7 Å². The predicted octanol–water partition coefficient (Wildman–Crippen LogP) is 3.28. The van der Waals surface area contributed by atoms with Crippen molar-refractivity contribution in [2.24, 2.45) is 0 Å². The maximum atomic E-state index is 13.4. The van der Waals surface area contributed by atoms with Crippen LogP contribution >= 0.6 is 0 Å². The average Bonchev–Trinajstić information content (AvgIpc) is 2.76. The number of alkyl halides is 3. The average molecular weight is 495 g/mol.